The van der Waals surface area contributed by atoms with Crippen LogP contribution in [0.1, 0.15) is 39.0 Å². The lowest BCUT2D eigenvalue weighted by molar-refractivity contribution is -0.0376. The van der Waals surface area contributed by atoms with Crippen LogP contribution >= 0.6 is 0 Å². The van der Waals surface area contributed by atoms with E-state index in [9.17, 15) is 5.11 Å². The highest BCUT2D eigenvalue weighted by Gasteiger charge is 2.44. The lowest BCUT2D eigenvalue weighted by Gasteiger charge is -2.32. The van der Waals surface area contributed by atoms with Gasteiger partial charge in [0, 0.05) is 12.5 Å². The molecule has 1 aliphatic carbocycles. The summed E-state index contributed by atoms with van der Waals surface area (Å²) < 4.78 is 5.71. The van der Waals surface area contributed by atoms with Crippen LogP contribution in [0.4, 0.5) is 0 Å². The predicted molar refractivity (Wildman–Crippen MR) is 46.1 cm³/mol. The molecular weight excluding hydrogens is 152 g/mol. The van der Waals surface area contributed by atoms with Gasteiger partial charge in [0.1, 0.15) is 0 Å². The summed E-state index contributed by atoms with van der Waals surface area (Å²) in [7, 11) is 0. The minimum Gasteiger partial charge on any atom is -0.386 e. The summed E-state index contributed by atoms with van der Waals surface area (Å²) in [5.41, 5.74) is -0.0411. The molecule has 1 saturated heterocycles. The van der Waals surface area contributed by atoms with E-state index in [-0.39, 0.29) is 5.60 Å². The van der Waals surface area contributed by atoms with Gasteiger partial charge in [0.15, 0.2) is 0 Å². The number of hydrogen-bond acceptors (Lipinski definition) is 2. The Balaban J connectivity index is 2.06. The summed E-state index contributed by atoms with van der Waals surface area (Å²) in [6, 6.07) is 0. The van der Waals surface area contributed by atoms with Crippen LogP contribution in [0.25, 0.3) is 0 Å². The average molecular weight is 169 g/mol. The standard InChI is InChI=1S/C10H17O2/c1-10(6-3-7-12-10)8-4-2-5-9(8)11/h8,11H,2-7H2,1H3. The van der Waals surface area contributed by atoms with Gasteiger partial charge in [0.25, 0.3) is 0 Å². The number of aliphatic hydroxyl groups is 1. The van der Waals surface area contributed by atoms with Gasteiger partial charge in [-0.25, -0.2) is 0 Å². The second-order valence-corrected chi connectivity index (χ2v) is 4.20. The van der Waals surface area contributed by atoms with Gasteiger partial charge in [0.2, 0.25) is 0 Å². The summed E-state index contributed by atoms with van der Waals surface area (Å²) in [5.74, 6) is 0.319. The van der Waals surface area contributed by atoms with E-state index in [2.05, 4.69) is 6.92 Å². The van der Waals surface area contributed by atoms with Gasteiger partial charge in [-0.05, 0) is 39.0 Å². The molecule has 0 aromatic heterocycles. The minimum atomic E-state index is -0.0411. The Morgan fingerprint density at radius 3 is 2.83 bits per heavy atom. The van der Waals surface area contributed by atoms with Crippen molar-refractivity contribution < 1.29 is 9.84 Å². The van der Waals surface area contributed by atoms with Gasteiger partial charge in [-0.3, -0.25) is 0 Å². The Bertz CT molecular complexity index is 161. The average Bonchev–Trinajstić information content (AvgIpc) is 2.59. The quantitative estimate of drug-likeness (QED) is 0.652. The second-order valence-electron chi connectivity index (χ2n) is 4.20. The molecular formula is C10H17O2. The predicted octanol–water partition coefficient (Wildman–Crippen LogP) is 2.26. The Hall–Kier alpha value is -0.0800. The maximum atomic E-state index is 9.65. The molecule has 0 spiro atoms. The second kappa shape index (κ2) is 3.00. The molecule has 0 amide bonds. The zero-order valence-electron chi connectivity index (χ0n) is 7.68. The number of hydrogen-bond donors (Lipinski definition) is 1. The maximum absolute atomic E-state index is 9.65. The van der Waals surface area contributed by atoms with Crippen molar-refractivity contribution in [1.29, 1.82) is 0 Å². The summed E-state index contributed by atoms with van der Waals surface area (Å²) in [6.07, 6.45) is 6.09. The van der Waals surface area contributed by atoms with Crippen molar-refractivity contribution in [2.45, 2.75) is 44.6 Å². The van der Waals surface area contributed by atoms with Crippen LogP contribution in [0, 0.1) is 12.0 Å². The van der Waals surface area contributed by atoms with Crippen LogP contribution in [-0.4, -0.2) is 17.3 Å². The topological polar surface area (TPSA) is 29.5 Å². The van der Waals surface area contributed by atoms with Crippen LogP contribution in [-0.2, 0) is 4.74 Å². The fraction of sp³-hybridized carbons (Fsp3) is 0.900. The van der Waals surface area contributed by atoms with E-state index in [0.29, 0.717) is 12.0 Å². The van der Waals surface area contributed by atoms with Gasteiger partial charge in [0.05, 0.1) is 11.7 Å². The molecule has 0 aromatic carbocycles. The maximum Gasteiger partial charge on any atom is 0.0992 e. The normalized spacial score (nSPS) is 44.0. The molecule has 2 heteroatoms. The fourth-order valence-electron chi connectivity index (χ4n) is 2.56. The molecule has 69 valence electrons. The van der Waals surface area contributed by atoms with Crippen LogP contribution < -0.4 is 0 Å². The largest absolute Gasteiger partial charge is 0.386 e. The highest BCUT2D eigenvalue weighted by atomic mass is 16.5. The van der Waals surface area contributed by atoms with E-state index >= 15 is 0 Å². The first-order valence-electron chi connectivity index (χ1n) is 4.91. The fourth-order valence-corrected chi connectivity index (χ4v) is 2.56. The van der Waals surface area contributed by atoms with Gasteiger partial charge in [-0.2, -0.15) is 0 Å². The Morgan fingerprint density at radius 1 is 1.50 bits per heavy atom. The number of aliphatic hydroxyl groups excluding tert-OH is 1. The van der Waals surface area contributed by atoms with Crippen molar-refractivity contribution in [3.05, 3.63) is 6.10 Å². The van der Waals surface area contributed by atoms with Crippen LogP contribution in [0.2, 0.25) is 0 Å². The number of rotatable bonds is 1. The molecule has 2 nitrogen and oxygen atoms in total. The monoisotopic (exact) mass is 169 g/mol. The molecule has 1 radical (unpaired) electrons. The van der Waals surface area contributed by atoms with E-state index in [1.54, 1.807) is 0 Å². The van der Waals surface area contributed by atoms with Crippen molar-refractivity contribution in [2.75, 3.05) is 6.61 Å². The van der Waals surface area contributed by atoms with E-state index < -0.39 is 0 Å². The van der Waals surface area contributed by atoms with E-state index in [0.717, 1.165) is 38.7 Å². The lowest BCUT2D eigenvalue weighted by atomic mass is 9.84. The van der Waals surface area contributed by atoms with Gasteiger partial charge in [-0.15, -0.1) is 0 Å². The molecule has 1 aliphatic heterocycles. The molecule has 0 aromatic rings. The SMILES string of the molecule is CC1(C2CCC[C]2O)CCCO1. The summed E-state index contributed by atoms with van der Waals surface area (Å²) in [4.78, 5) is 0. The molecule has 2 atom stereocenters. The minimum absolute atomic E-state index is 0.0411. The first-order chi connectivity index (χ1) is 5.72. The number of ether oxygens (including phenoxy) is 1. The Labute approximate surface area is 73.9 Å². The molecule has 1 heterocycles. The molecule has 2 fully saturated rings. The molecule has 0 bridgehead atoms. The molecule has 1 N–H and O–H groups in total. The van der Waals surface area contributed by atoms with E-state index in [1.165, 1.54) is 0 Å². The summed E-state index contributed by atoms with van der Waals surface area (Å²) in [5, 5.41) is 9.65. The van der Waals surface area contributed by atoms with E-state index in [1.807, 2.05) is 0 Å². The smallest absolute Gasteiger partial charge is 0.0992 e. The van der Waals surface area contributed by atoms with Crippen molar-refractivity contribution in [3.63, 3.8) is 0 Å². The van der Waals surface area contributed by atoms with Crippen LogP contribution in [0.5, 0.6) is 0 Å². The molecule has 2 rings (SSSR count). The molecule has 1 saturated carbocycles. The zero-order chi connectivity index (χ0) is 8.60. The van der Waals surface area contributed by atoms with Gasteiger partial charge < -0.3 is 9.84 Å². The third kappa shape index (κ3) is 1.27. The van der Waals surface area contributed by atoms with Gasteiger partial charge >= 0.3 is 0 Å². The zero-order valence-corrected chi connectivity index (χ0v) is 7.68. The first kappa shape index (κ1) is 8.52. The van der Waals surface area contributed by atoms with E-state index in [4.69, 9.17) is 4.74 Å². The lowest BCUT2D eigenvalue weighted by Crippen LogP contribution is -2.35. The third-order valence-electron chi connectivity index (χ3n) is 3.31. The summed E-state index contributed by atoms with van der Waals surface area (Å²) >= 11 is 0. The van der Waals surface area contributed by atoms with Crippen molar-refractivity contribution in [2.24, 2.45) is 5.92 Å². The Kier molecular flexibility index (Phi) is 2.13. The van der Waals surface area contributed by atoms with Crippen LogP contribution in [0.3, 0.4) is 0 Å². The highest BCUT2D eigenvalue weighted by molar-refractivity contribution is 5.03. The van der Waals surface area contributed by atoms with Crippen molar-refractivity contribution in [1.82, 2.24) is 0 Å². The molecule has 12 heavy (non-hydrogen) atoms. The molecule has 2 aliphatic rings. The summed E-state index contributed by atoms with van der Waals surface area (Å²) in [6.45, 7) is 3.02. The van der Waals surface area contributed by atoms with Gasteiger partial charge in [-0.1, -0.05) is 0 Å². The molecule has 2 unspecified atom stereocenters. The van der Waals surface area contributed by atoms with Crippen molar-refractivity contribution >= 4 is 0 Å². The first-order valence-corrected chi connectivity index (χ1v) is 4.91. The Morgan fingerprint density at radius 2 is 2.33 bits per heavy atom. The van der Waals surface area contributed by atoms with Crippen molar-refractivity contribution in [3.8, 4) is 0 Å². The highest BCUT2D eigenvalue weighted by Crippen LogP contribution is 2.45. The van der Waals surface area contributed by atoms with Crippen LogP contribution in [0.15, 0.2) is 0 Å². The third-order valence-corrected chi connectivity index (χ3v) is 3.31.